The molecule has 0 spiro atoms. The first-order chi connectivity index (χ1) is 14.2. The highest BCUT2D eigenvalue weighted by Gasteiger charge is 2.42. The summed E-state index contributed by atoms with van der Waals surface area (Å²) in [6.45, 7) is 2.95. The van der Waals surface area contributed by atoms with E-state index >= 15 is 0 Å². The van der Waals surface area contributed by atoms with Crippen molar-refractivity contribution in [2.24, 2.45) is 0 Å². The number of carbonyl (C=O) groups is 2. The lowest BCUT2D eigenvalue weighted by atomic mass is 9.72. The van der Waals surface area contributed by atoms with E-state index in [2.05, 4.69) is 62.3 Å². The predicted octanol–water partition coefficient (Wildman–Crippen LogP) is 4.29. The Hall–Kier alpha value is -2.57. The Morgan fingerprint density at radius 3 is 2.30 bits per heavy atom. The van der Waals surface area contributed by atoms with E-state index in [9.17, 15) is 0 Å². The summed E-state index contributed by atoms with van der Waals surface area (Å²) in [6.07, 6.45) is 3.34. The van der Waals surface area contributed by atoms with E-state index in [0.29, 0.717) is 12.6 Å². The van der Waals surface area contributed by atoms with Crippen molar-refractivity contribution in [1.82, 2.24) is 4.90 Å². The minimum Gasteiger partial charge on any atom is -0.492 e. The van der Waals surface area contributed by atoms with E-state index in [0.717, 1.165) is 30.0 Å². The number of nitrogens with zero attached hydrogens (tertiary/aromatic N) is 1. The van der Waals surface area contributed by atoms with Gasteiger partial charge in [0.05, 0.1) is 5.41 Å². The fraction of sp³-hybridized carbons (Fsp3) is 0.391. The van der Waals surface area contributed by atoms with Gasteiger partial charge in [0.15, 0.2) is 0 Å². The number of hydrogen-bond acceptors (Lipinski definition) is 4. The number of aliphatic carboxylic acids is 2. The third kappa shape index (κ3) is 5.52. The minimum absolute atomic E-state index is 0.106. The van der Waals surface area contributed by atoms with Crippen LogP contribution in [-0.2, 0) is 15.0 Å². The number of benzene rings is 2. The normalized spacial score (nSPS) is 18.0. The Bertz CT molecular complexity index is 859. The van der Waals surface area contributed by atoms with E-state index < -0.39 is 11.9 Å². The molecule has 2 unspecified atom stereocenters. The van der Waals surface area contributed by atoms with Crippen molar-refractivity contribution in [3.05, 3.63) is 64.7 Å². The van der Waals surface area contributed by atoms with Crippen molar-refractivity contribution in [1.29, 1.82) is 0 Å². The van der Waals surface area contributed by atoms with Gasteiger partial charge in [0.1, 0.15) is 12.4 Å². The molecule has 2 N–H and O–H groups in total. The van der Waals surface area contributed by atoms with Crippen LogP contribution in [0.25, 0.3) is 0 Å². The highest BCUT2D eigenvalue weighted by molar-refractivity contribution is 6.30. The van der Waals surface area contributed by atoms with Crippen molar-refractivity contribution in [3.8, 4) is 5.75 Å². The second kappa shape index (κ2) is 10.5. The van der Waals surface area contributed by atoms with Crippen LogP contribution in [0.2, 0.25) is 5.02 Å². The van der Waals surface area contributed by atoms with Gasteiger partial charge in [-0.2, -0.15) is 0 Å². The molecule has 0 bridgehead atoms. The standard InChI is InChI=1S/C21H26ClNO.C2H2O4/c1-4-18(23(2)3)12-13-21(16-8-6-5-7-9-16)15-24-20-11-10-17(22)14-19(20)21;3-1(4)2(5)6/h5-11,14,18H,4,12-13,15H2,1-3H3;(H,3,4)(H,5,6). The molecule has 1 heterocycles. The topological polar surface area (TPSA) is 87.1 Å². The first-order valence-corrected chi connectivity index (χ1v) is 10.2. The summed E-state index contributed by atoms with van der Waals surface area (Å²) >= 11 is 6.31. The summed E-state index contributed by atoms with van der Waals surface area (Å²) in [5, 5.41) is 15.6. The molecular formula is C23H28ClNO5. The molecule has 0 aromatic heterocycles. The molecule has 2 aromatic carbocycles. The van der Waals surface area contributed by atoms with Crippen LogP contribution in [0.4, 0.5) is 0 Å². The molecule has 162 valence electrons. The van der Waals surface area contributed by atoms with Crippen LogP contribution in [0, 0.1) is 0 Å². The molecule has 7 heteroatoms. The Morgan fingerprint density at radius 1 is 1.13 bits per heavy atom. The third-order valence-electron chi connectivity index (χ3n) is 5.55. The number of carboxylic acid groups (broad SMARTS) is 2. The largest absolute Gasteiger partial charge is 0.492 e. The van der Waals surface area contributed by atoms with Crippen molar-refractivity contribution in [2.75, 3.05) is 20.7 Å². The Morgan fingerprint density at radius 2 is 1.77 bits per heavy atom. The number of halogens is 1. The predicted molar refractivity (Wildman–Crippen MR) is 116 cm³/mol. The number of hydrogen-bond donors (Lipinski definition) is 2. The fourth-order valence-corrected chi connectivity index (χ4v) is 4.04. The highest BCUT2D eigenvalue weighted by atomic mass is 35.5. The van der Waals surface area contributed by atoms with Gasteiger partial charge in [-0.1, -0.05) is 48.9 Å². The van der Waals surface area contributed by atoms with Crippen molar-refractivity contribution in [3.63, 3.8) is 0 Å². The van der Waals surface area contributed by atoms with Crippen molar-refractivity contribution < 1.29 is 24.5 Å². The lowest BCUT2D eigenvalue weighted by Gasteiger charge is -2.32. The van der Waals surface area contributed by atoms with Crippen LogP contribution in [0.5, 0.6) is 5.75 Å². The second-order valence-electron chi connectivity index (χ2n) is 7.55. The molecule has 0 amide bonds. The number of fused-ring (bicyclic) bond motifs is 1. The average Bonchev–Trinajstić information content (AvgIpc) is 3.08. The molecule has 3 rings (SSSR count). The van der Waals surface area contributed by atoms with Crippen LogP contribution >= 0.6 is 11.6 Å². The van der Waals surface area contributed by atoms with Gasteiger partial charge < -0.3 is 19.8 Å². The average molecular weight is 434 g/mol. The summed E-state index contributed by atoms with van der Waals surface area (Å²) in [5.74, 6) is -2.67. The maximum atomic E-state index is 9.10. The number of rotatable bonds is 6. The smallest absolute Gasteiger partial charge is 0.414 e. The summed E-state index contributed by atoms with van der Waals surface area (Å²) < 4.78 is 6.08. The molecule has 0 aliphatic carbocycles. The van der Waals surface area contributed by atoms with Crippen LogP contribution in [0.3, 0.4) is 0 Å². The molecular weight excluding hydrogens is 406 g/mol. The van der Waals surface area contributed by atoms with Crippen LogP contribution in [0.1, 0.15) is 37.3 Å². The van der Waals surface area contributed by atoms with Crippen LogP contribution in [0.15, 0.2) is 48.5 Å². The van der Waals surface area contributed by atoms with Gasteiger partial charge in [0.2, 0.25) is 0 Å². The van der Waals surface area contributed by atoms with Crippen LogP contribution < -0.4 is 4.74 Å². The Labute approximate surface area is 182 Å². The first kappa shape index (κ1) is 23.7. The zero-order valence-electron chi connectivity index (χ0n) is 17.5. The molecule has 0 saturated heterocycles. The number of ether oxygens (including phenoxy) is 1. The third-order valence-corrected chi connectivity index (χ3v) is 5.78. The van der Waals surface area contributed by atoms with Gasteiger partial charge >= 0.3 is 11.9 Å². The van der Waals surface area contributed by atoms with Gasteiger partial charge in [-0.25, -0.2) is 9.59 Å². The molecule has 0 saturated carbocycles. The zero-order valence-corrected chi connectivity index (χ0v) is 18.2. The summed E-state index contributed by atoms with van der Waals surface area (Å²) in [4.78, 5) is 20.5. The zero-order chi connectivity index (χ0) is 22.3. The Balaban J connectivity index is 0.000000469. The van der Waals surface area contributed by atoms with Gasteiger partial charge in [-0.05, 0) is 57.1 Å². The quantitative estimate of drug-likeness (QED) is 0.660. The second-order valence-corrected chi connectivity index (χ2v) is 7.99. The van der Waals surface area contributed by atoms with E-state index in [1.807, 2.05) is 12.1 Å². The van der Waals surface area contributed by atoms with Gasteiger partial charge in [0, 0.05) is 16.6 Å². The SMILES string of the molecule is CCC(CCC1(c2ccccc2)COc2ccc(Cl)cc21)N(C)C.O=C(O)C(=O)O. The molecule has 2 aromatic rings. The maximum Gasteiger partial charge on any atom is 0.414 e. The minimum atomic E-state index is -1.82. The van der Waals surface area contributed by atoms with E-state index in [1.165, 1.54) is 11.1 Å². The summed E-state index contributed by atoms with van der Waals surface area (Å²) in [7, 11) is 4.33. The maximum absolute atomic E-state index is 9.10. The molecule has 1 aliphatic heterocycles. The van der Waals surface area contributed by atoms with Crippen LogP contribution in [-0.4, -0.2) is 53.8 Å². The molecule has 2 atom stereocenters. The van der Waals surface area contributed by atoms with E-state index in [-0.39, 0.29) is 5.41 Å². The lowest BCUT2D eigenvalue weighted by molar-refractivity contribution is -0.159. The van der Waals surface area contributed by atoms with E-state index in [1.54, 1.807) is 0 Å². The molecule has 1 aliphatic rings. The van der Waals surface area contributed by atoms with Crippen molar-refractivity contribution >= 4 is 23.5 Å². The molecule has 0 radical (unpaired) electrons. The molecule has 0 fully saturated rings. The molecule has 6 nitrogen and oxygen atoms in total. The summed E-state index contributed by atoms with van der Waals surface area (Å²) in [6, 6.07) is 17.3. The van der Waals surface area contributed by atoms with Gasteiger partial charge in [-0.15, -0.1) is 0 Å². The Kier molecular flexibility index (Phi) is 8.26. The van der Waals surface area contributed by atoms with E-state index in [4.69, 9.17) is 36.1 Å². The number of carboxylic acids is 2. The highest BCUT2D eigenvalue weighted by Crippen LogP contribution is 2.47. The monoisotopic (exact) mass is 433 g/mol. The van der Waals surface area contributed by atoms with Crippen molar-refractivity contribution in [2.45, 2.75) is 37.6 Å². The fourth-order valence-electron chi connectivity index (χ4n) is 3.87. The van der Waals surface area contributed by atoms with Gasteiger partial charge in [-0.3, -0.25) is 0 Å². The van der Waals surface area contributed by atoms with Gasteiger partial charge in [0.25, 0.3) is 0 Å². The first-order valence-electron chi connectivity index (χ1n) is 9.82. The lowest BCUT2D eigenvalue weighted by Crippen LogP contribution is -2.34. The molecule has 30 heavy (non-hydrogen) atoms. The summed E-state index contributed by atoms with van der Waals surface area (Å²) in [5.41, 5.74) is 2.44.